The molecule has 0 radical (unpaired) electrons. The average molecular weight is 312 g/mol. The van der Waals surface area contributed by atoms with E-state index in [4.69, 9.17) is 4.74 Å². The number of hydrogen-bond donors (Lipinski definition) is 1. The van der Waals surface area contributed by atoms with E-state index in [9.17, 15) is 4.79 Å². The first-order valence-electron chi connectivity index (χ1n) is 8.69. The van der Waals surface area contributed by atoms with Crippen molar-refractivity contribution in [2.24, 2.45) is 5.92 Å². The highest BCUT2D eigenvalue weighted by Crippen LogP contribution is 2.38. The van der Waals surface area contributed by atoms with Crippen molar-refractivity contribution in [1.82, 2.24) is 9.88 Å². The molecular weight excluding hydrogens is 288 g/mol. The van der Waals surface area contributed by atoms with E-state index >= 15 is 0 Å². The lowest BCUT2D eigenvalue weighted by molar-refractivity contribution is -0.0449. The van der Waals surface area contributed by atoms with Gasteiger partial charge in [-0.15, -0.1) is 0 Å². The number of likely N-dealkylation sites (tertiary alicyclic amines) is 1. The Hall–Kier alpha value is -1.81. The van der Waals surface area contributed by atoms with Crippen molar-refractivity contribution in [1.29, 1.82) is 0 Å². The van der Waals surface area contributed by atoms with E-state index in [2.05, 4.69) is 11.9 Å². The number of carbonyl (C=O) groups is 1. The van der Waals surface area contributed by atoms with Crippen LogP contribution in [0.25, 0.3) is 10.9 Å². The van der Waals surface area contributed by atoms with Gasteiger partial charge >= 0.3 is 0 Å². The molecule has 0 saturated carbocycles. The third kappa shape index (κ3) is 2.65. The zero-order chi connectivity index (χ0) is 15.9. The molecular formula is C19H24N2O2. The van der Waals surface area contributed by atoms with E-state index < -0.39 is 0 Å². The normalized spacial score (nSPS) is 27.9. The first-order chi connectivity index (χ1) is 11.2. The summed E-state index contributed by atoms with van der Waals surface area (Å²) >= 11 is 0. The summed E-state index contributed by atoms with van der Waals surface area (Å²) in [5, 5.41) is 1.09. The molecule has 0 bridgehead atoms. The van der Waals surface area contributed by atoms with Gasteiger partial charge in [0.15, 0.2) is 0 Å². The molecule has 1 aromatic heterocycles. The topological polar surface area (TPSA) is 45.3 Å². The molecule has 1 spiro atoms. The highest BCUT2D eigenvalue weighted by Gasteiger charge is 2.43. The summed E-state index contributed by atoms with van der Waals surface area (Å²) in [5.74, 6) is 0.789. The molecule has 2 unspecified atom stereocenters. The molecule has 4 rings (SSSR count). The van der Waals surface area contributed by atoms with Crippen LogP contribution < -0.4 is 0 Å². The number of hydrogen-bond acceptors (Lipinski definition) is 2. The van der Waals surface area contributed by atoms with Crippen LogP contribution in [0.15, 0.2) is 30.5 Å². The van der Waals surface area contributed by atoms with Crippen molar-refractivity contribution in [2.45, 2.75) is 38.2 Å². The SMILES string of the molecule is CCC1COC2(CCCN(C(=O)c3ccc4[nH]ccc4c3)C2)C1. The van der Waals surface area contributed by atoms with E-state index in [1.807, 2.05) is 35.4 Å². The van der Waals surface area contributed by atoms with Crippen molar-refractivity contribution in [3.05, 3.63) is 36.0 Å². The number of nitrogens with zero attached hydrogens (tertiary/aromatic N) is 1. The maximum atomic E-state index is 12.9. The first-order valence-corrected chi connectivity index (χ1v) is 8.69. The molecule has 122 valence electrons. The number of ether oxygens (including phenoxy) is 1. The largest absolute Gasteiger partial charge is 0.373 e. The van der Waals surface area contributed by atoms with Crippen molar-refractivity contribution in [3.8, 4) is 0 Å². The van der Waals surface area contributed by atoms with Crippen molar-refractivity contribution in [3.63, 3.8) is 0 Å². The van der Waals surface area contributed by atoms with Crippen LogP contribution in [-0.2, 0) is 4.74 Å². The molecule has 2 atom stereocenters. The Balaban J connectivity index is 1.53. The Morgan fingerprint density at radius 1 is 1.43 bits per heavy atom. The lowest BCUT2D eigenvalue weighted by Crippen LogP contribution is -2.50. The fourth-order valence-corrected chi connectivity index (χ4v) is 4.13. The molecule has 1 N–H and O–H groups in total. The fraction of sp³-hybridized carbons (Fsp3) is 0.526. The Labute approximate surface area is 136 Å². The molecule has 0 aliphatic carbocycles. The predicted octanol–water partition coefficient (Wildman–Crippen LogP) is 3.59. The van der Waals surface area contributed by atoms with Gasteiger partial charge in [0.1, 0.15) is 0 Å². The van der Waals surface area contributed by atoms with Gasteiger partial charge in [0.2, 0.25) is 0 Å². The van der Waals surface area contributed by atoms with Gasteiger partial charge in [-0.25, -0.2) is 0 Å². The Morgan fingerprint density at radius 3 is 3.17 bits per heavy atom. The van der Waals surface area contributed by atoms with Crippen LogP contribution in [0.4, 0.5) is 0 Å². The third-order valence-corrected chi connectivity index (χ3v) is 5.49. The summed E-state index contributed by atoms with van der Waals surface area (Å²) in [6.45, 7) is 4.66. The second-order valence-electron chi connectivity index (χ2n) is 7.08. The van der Waals surface area contributed by atoms with E-state index in [0.29, 0.717) is 5.92 Å². The minimum atomic E-state index is -0.0905. The van der Waals surface area contributed by atoms with Crippen molar-refractivity contribution in [2.75, 3.05) is 19.7 Å². The second-order valence-corrected chi connectivity index (χ2v) is 7.08. The lowest BCUT2D eigenvalue weighted by atomic mass is 9.85. The first kappa shape index (κ1) is 14.8. The number of H-pyrrole nitrogens is 1. The fourth-order valence-electron chi connectivity index (χ4n) is 4.13. The monoisotopic (exact) mass is 312 g/mol. The van der Waals surface area contributed by atoms with Crippen LogP contribution in [0.3, 0.4) is 0 Å². The van der Waals surface area contributed by atoms with Gasteiger partial charge in [-0.05, 0) is 49.4 Å². The molecule has 1 amide bonds. The number of rotatable bonds is 2. The Morgan fingerprint density at radius 2 is 2.35 bits per heavy atom. The molecule has 4 heteroatoms. The van der Waals surface area contributed by atoms with Crippen molar-refractivity contribution < 1.29 is 9.53 Å². The molecule has 2 fully saturated rings. The standard InChI is InChI=1S/C19H24N2O2/c1-2-14-11-19(23-12-14)7-3-9-21(13-19)18(22)16-4-5-17-15(10-16)6-8-20-17/h4-6,8,10,14,20H,2-3,7,9,11-13H2,1H3. The lowest BCUT2D eigenvalue weighted by Gasteiger charge is -2.40. The number of amides is 1. The van der Waals surface area contributed by atoms with Crippen LogP contribution >= 0.6 is 0 Å². The van der Waals surface area contributed by atoms with Crippen LogP contribution in [0.2, 0.25) is 0 Å². The molecule has 23 heavy (non-hydrogen) atoms. The number of benzene rings is 1. The summed E-state index contributed by atoms with van der Waals surface area (Å²) in [5.41, 5.74) is 1.76. The number of fused-ring (bicyclic) bond motifs is 1. The van der Waals surface area contributed by atoms with Crippen LogP contribution in [0, 0.1) is 5.92 Å². The summed E-state index contributed by atoms with van der Waals surface area (Å²) < 4.78 is 6.16. The van der Waals surface area contributed by atoms with Gasteiger partial charge in [-0.2, -0.15) is 0 Å². The number of piperidine rings is 1. The Bertz CT molecular complexity index is 723. The molecule has 2 aromatic rings. The van der Waals surface area contributed by atoms with Gasteiger partial charge in [-0.3, -0.25) is 4.79 Å². The molecule has 2 saturated heterocycles. The number of carbonyl (C=O) groups excluding carboxylic acids is 1. The molecule has 1 aromatic carbocycles. The Kier molecular flexibility index (Phi) is 3.64. The predicted molar refractivity (Wildman–Crippen MR) is 90.5 cm³/mol. The van der Waals surface area contributed by atoms with Crippen LogP contribution in [0.1, 0.15) is 43.0 Å². The molecule has 3 heterocycles. The summed E-state index contributed by atoms with van der Waals surface area (Å²) in [6.07, 6.45) is 6.30. The third-order valence-electron chi connectivity index (χ3n) is 5.49. The van der Waals surface area contributed by atoms with Crippen molar-refractivity contribution >= 4 is 16.8 Å². The van der Waals surface area contributed by atoms with Crippen LogP contribution in [-0.4, -0.2) is 41.1 Å². The summed E-state index contributed by atoms with van der Waals surface area (Å²) in [7, 11) is 0. The summed E-state index contributed by atoms with van der Waals surface area (Å²) in [6, 6.07) is 7.91. The molecule has 2 aliphatic rings. The van der Waals surface area contributed by atoms with Gasteiger partial charge in [0, 0.05) is 35.8 Å². The smallest absolute Gasteiger partial charge is 0.253 e. The van der Waals surface area contributed by atoms with Gasteiger partial charge in [-0.1, -0.05) is 13.3 Å². The van der Waals surface area contributed by atoms with E-state index in [-0.39, 0.29) is 11.5 Å². The molecule has 4 nitrogen and oxygen atoms in total. The summed E-state index contributed by atoms with van der Waals surface area (Å²) in [4.78, 5) is 18.1. The zero-order valence-corrected chi connectivity index (χ0v) is 13.7. The van der Waals surface area contributed by atoms with Gasteiger partial charge in [0.05, 0.1) is 12.2 Å². The number of aromatic nitrogens is 1. The maximum Gasteiger partial charge on any atom is 0.253 e. The number of nitrogens with one attached hydrogen (secondary N) is 1. The van der Waals surface area contributed by atoms with E-state index in [1.54, 1.807) is 0 Å². The highest BCUT2D eigenvalue weighted by molar-refractivity contribution is 5.98. The quantitative estimate of drug-likeness (QED) is 0.921. The van der Waals surface area contributed by atoms with E-state index in [1.165, 1.54) is 6.42 Å². The second kappa shape index (κ2) is 5.68. The maximum absolute atomic E-state index is 12.9. The van der Waals surface area contributed by atoms with Gasteiger partial charge < -0.3 is 14.6 Å². The van der Waals surface area contributed by atoms with E-state index in [0.717, 1.165) is 55.4 Å². The highest BCUT2D eigenvalue weighted by atomic mass is 16.5. The zero-order valence-electron chi connectivity index (χ0n) is 13.7. The molecule has 2 aliphatic heterocycles. The minimum Gasteiger partial charge on any atom is -0.373 e. The minimum absolute atomic E-state index is 0.0905. The van der Waals surface area contributed by atoms with Crippen LogP contribution in [0.5, 0.6) is 0 Å². The number of aromatic amines is 1. The van der Waals surface area contributed by atoms with Gasteiger partial charge in [0.25, 0.3) is 5.91 Å². The average Bonchev–Trinajstić information content (AvgIpc) is 3.20.